The van der Waals surface area contributed by atoms with Crippen molar-refractivity contribution in [3.05, 3.63) is 28.8 Å². The molecule has 1 unspecified atom stereocenters. The Bertz CT molecular complexity index is 550. The average molecular weight is 313 g/mol. The number of rotatable bonds is 5. The molecule has 1 saturated heterocycles. The van der Waals surface area contributed by atoms with Gasteiger partial charge >= 0.3 is 5.97 Å². The summed E-state index contributed by atoms with van der Waals surface area (Å²) in [6.45, 7) is 1.75. The molecule has 6 nitrogen and oxygen atoms in total. The topological polar surface area (TPSA) is 78.9 Å². The van der Waals surface area contributed by atoms with E-state index in [0.29, 0.717) is 17.3 Å². The molecule has 0 spiro atoms. The van der Waals surface area contributed by atoms with E-state index in [0.717, 1.165) is 13.0 Å². The Morgan fingerprint density at radius 2 is 2.29 bits per heavy atom. The van der Waals surface area contributed by atoms with Crippen LogP contribution in [0.15, 0.2) is 18.2 Å². The van der Waals surface area contributed by atoms with Crippen LogP contribution in [0.2, 0.25) is 5.02 Å². The molecular formula is C14H17ClN2O4. The van der Waals surface area contributed by atoms with Crippen LogP contribution in [0.1, 0.15) is 16.8 Å². The maximum atomic E-state index is 12.0. The summed E-state index contributed by atoms with van der Waals surface area (Å²) in [4.78, 5) is 24.9. The second-order valence-electron chi connectivity index (χ2n) is 4.93. The summed E-state index contributed by atoms with van der Waals surface area (Å²) in [7, 11) is 1.66. The number of carboxylic acid groups (broad SMARTS) is 1. The number of amides is 1. The van der Waals surface area contributed by atoms with Crippen LogP contribution < -0.4 is 5.32 Å². The minimum Gasteiger partial charge on any atom is -0.478 e. The van der Waals surface area contributed by atoms with Gasteiger partial charge in [0.1, 0.15) is 0 Å². The van der Waals surface area contributed by atoms with E-state index in [1.54, 1.807) is 7.11 Å². The molecule has 1 amide bonds. The monoisotopic (exact) mass is 312 g/mol. The first kappa shape index (κ1) is 15.8. The van der Waals surface area contributed by atoms with Crippen molar-refractivity contribution in [3.63, 3.8) is 0 Å². The number of ether oxygens (including phenoxy) is 1. The van der Waals surface area contributed by atoms with Gasteiger partial charge in [-0.1, -0.05) is 11.6 Å². The largest absolute Gasteiger partial charge is 0.478 e. The van der Waals surface area contributed by atoms with Gasteiger partial charge in [-0.15, -0.1) is 0 Å². The van der Waals surface area contributed by atoms with Crippen molar-refractivity contribution >= 4 is 29.2 Å². The maximum absolute atomic E-state index is 12.0. The van der Waals surface area contributed by atoms with Gasteiger partial charge in [-0.05, 0) is 24.6 Å². The molecule has 0 saturated carbocycles. The van der Waals surface area contributed by atoms with Crippen LogP contribution in [0.4, 0.5) is 5.69 Å². The van der Waals surface area contributed by atoms with E-state index in [-0.39, 0.29) is 24.1 Å². The van der Waals surface area contributed by atoms with Crippen LogP contribution in [0.25, 0.3) is 0 Å². The normalized spacial score (nSPS) is 18.7. The number of likely N-dealkylation sites (tertiary alicyclic amines) is 1. The van der Waals surface area contributed by atoms with Crippen LogP contribution in [0.5, 0.6) is 0 Å². The van der Waals surface area contributed by atoms with Gasteiger partial charge in [0, 0.05) is 20.2 Å². The molecule has 1 aromatic rings. The van der Waals surface area contributed by atoms with Crippen molar-refractivity contribution in [2.75, 3.05) is 32.1 Å². The first-order valence-corrected chi connectivity index (χ1v) is 6.95. The predicted octanol–water partition coefficient (Wildman–Crippen LogP) is 1.70. The molecule has 1 fully saturated rings. The molecule has 1 aromatic carbocycles. The van der Waals surface area contributed by atoms with Crippen LogP contribution in [-0.4, -0.2) is 54.7 Å². The minimum absolute atomic E-state index is 0.0790. The lowest BCUT2D eigenvalue weighted by atomic mass is 10.2. The summed E-state index contributed by atoms with van der Waals surface area (Å²) >= 11 is 5.97. The third kappa shape index (κ3) is 4.17. The number of aromatic carboxylic acids is 1. The highest BCUT2D eigenvalue weighted by Crippen LogP contribution is 2.23. The van der Waals surface area contributed by atoms with Gasteiger partial charge in [0.25, 0.3) is 0 Å². The van der Waals surface area contributed by atoms with E-state index < -0.39 is 5.97 Å². The molecule has 114 valence electrons. The third-order valence-corrected chi connectivity index (χ3v) is 3.75. The van der Waals surface area contributed by atoms with Gasteiger partial charge in [0.15, 0.2) is 0 Å². The molecule has 0 aliphatic carbocycles. The van der Waals surface area contributed by atoms with E-state index in [9.17, 15) is 9.59 Å². The fraction of sp³-hybridized carbons (Fsp3) is 0.429. The maximum Gasteiger partial charge on any atom is 0.335 e. The molecule has 1 atom stereocenters. The Labute approximate surface area is 127 Å². The fourth-order valence-corrected chi connectivity index (χ4v) is 2.44. The molecule has 2 rings (SSSR count). The highest BCUT2D eigenvalue weighted by molar-refractivity contribution is 6.33. The minimum atomic E-state index is -1.07. The zero-order valence-electron chi connectivity index (χ0n) is 11.6. The van der Waals surface area contributed by atoms with Crippen LogP contribution in [-0.2, 0) is 9.53 Å². The Balaban J connectivity index is 1.96. The highest BCUT2D eigenvalue weighted by Gasteiger charge is 2.23. The molecule has 21 heavy (non-hydrogen) atoms. The number of halogens is 1. The standard InChI is InChI=1S/C14H17ClN2O4/c1-21-10-4-5-17(7-10)8-13(18)16-12-6-9(14(19)20)2-3-11(12)15/h2-3,6,10H,4-5,7-8H2,1H3,(H,16,18)(H,19,20). The Kier molecular flexibility index (Phi) is 5.17. The number of carbonyl (C=O) groups excluding carboxylic acids is 1. The summed E-state index contributed by atoms with van der Waals surface area (Å²) < 4.78 is 5.24. The zero-order valence-corrected chi connectivity index (χ0v) is 12.4. The van der Waals surface area contributed by atoms with Crippen molar-refractivity contribution in [2.24, 2.45) is 0 Å². The number of methoxy groups -OCH3 is 1. The lowest BCUT2D eigenvalue weighted by Crippen LogP contribution is -2.32. The highest BCUT2D eigenvalue weighted by atomic mass is 35.5. The second kappa shape index (κ2) is 6.89. The van der Waals surface area contributed by atoms with Crippen molar-refractivity contribution in [1.29, 1.82) is 0 Å². The number of nitrogens with zero attached hydrogens (tertiary/aromatic N) is 1. The van der Waals surface area contributed by atoms with Gasteiger partial charge in [0.05, 0.1) is 28.9 Å². The number of anilines is 1. The summed E-state index contributed by atoms with van der Waals surface area (Å²) in [5.74, 6) is -1.29. The summed E-state index contributed by atoms with van der Waals surface area (Å²) in [6.07, 6.45) is 1.07. The number of carboxylic acids is 1. The molecule has 0 aromatic heterocycles. The summed E-state index contributed by atoms with van der Waals surface area (Å²) in [5.41, 5.74) is 0.388. The van der Waals surface area contributed by atoms with Gasteiger partial charge in [0.2, 0.25) is 5.91 Å². The third-order valence-electron chi connectivity index (χ3n) is 3.42. The second-order valence-corrected chi connectivity index (χ2v) is 5.34. The van der Waals surface area contributed by atoms with E-state index in [4.69, 9.17) is 21.4 Å². The Morgan fingerprint density at radius 1 is 1.52 bits per heavy atom. The molecule has 1 aliphatic rings. The Hall–Kier alpha value is -1.63. The number of nitrogens with one attached hydrogen (secondary N) is 1. The molecule has 2 N–H and O–H groups in total. The number of benzene rings is 1. The lowest BCUT2D eigenvalue weighted by molar-refractivity contribution is -0.117. The van der Waals surface area contributed by atoms with Crippen LogP contribution in [0, 0.1) is 0 Å². The van der Waals surface area contributed by atoms with Gasteiger partial charge in [-0.25, -0.2) is 4.79 Å². The SMILES string of the molecule is COC1CCN(CC(=O)Nc2cc(C(=O)O)ccc2Cl)C1. The van der Waals surface area contributed by atoms with Crippen molar-refractivity contribution in [3.8, 4) is 0 Å². The van der Waals surface area contributed by atoms with Crippen molar-refractivity contribution in [2.45, 2.75) is 12.5 Å². The number of hydrogen-bond acceptors (Lipinski definition) is 4. The first-order valence-electron chi connectivity index (χ1n) is 6.57. The lowest BCUT2D eigenvalue weighted by Gasteiger charge is -2.15. The first-order chi connectivity index (χ1) is 9.99. The fourth-order valence-electron chi connectivity index (χ4n) is 2.28. The zero-order chi connectivity index (χ0) is 15.4. The van der Waals surface area contributed by atoms with Gasteiger partial charge in [-0.2, -0.15) is 0 Å². The quantitative estimate of drug-likeness (QED) is 0.865. The predicted molar refractivity (Wildman–Crippen MR) is 78.9 cm³/mol. The van der Waals surface area contributed by atoms with Gasteiger partial charge in [-0.3, -0.25) is 9.69 Å². The Morgan fingerprint density at radius 3 is 2.90 bits per heavy atom. The van der Waals surface area contributed by atoms with E-state index in [1.165, 1.54) is 18.2 Å². The molecule has 0 radical (unpaired) electrons. The van der Waals surface area contributed by atoms with Crippen molar-refractivity contribution < 1.29 is 19.4 Å². The summed E-state index contributed by atoms with van der Waals surface area (Å²) in [6, 6.07) is 4.20. The van der Waals surface area contributed by atoms with Gasteiger partial charge < -0.3 is 15.2 Å². The van der Waals surface area contributed by atoms with Crippen LogP contribution >= 0.6 is 11.6 Å². The molecular weight excluding hydrogens is 296 g/mol. The molecule has 7 heteroatoms. The average Bonchev–Trinajstić information content (AvgIpc) is 2.88. The van der Waals surface area contributed by atoms with E-state index in [2.05, 4.69) is 5.32 Å². The van der Waals surface area contributed by atoms with Crippen LogP contribution in [0.3, 0.4) is 0 Å². The van der Waals surface area contributed by atoms with E-state index >= 15 is 0 Å². The molecule has 1 aliphatic heterocycles. The number of hydrogen-bond donors (Lipinski definition) is 2. The molecule has 1 heterocycles. The molecule has 0 bridgehead atoms. The number of carbonyl (C=O) groups is 2. The summed E-state index contributed by atoms with van der Waals surface area (Å²) in [5, 5.41) is 11.9. The van der Waals surface area contributed by atoms with Crippen molar-refractivity contribution in [1.82, 2.24) is 4.90 Å². The van der Waals surface area contributed by atoms with E-state index in [1.807, 2.05) is 4.90 Å². The smallest absolute Gasteiger partial charge is 0.335 e.